The van der Waals surface area contributed by atoms with Crippen LogP contribution in [-0.2, 0) is 20.9 Å². The molecule has 1 aliphatic heterocycles. The van der Waals surface area contributed by atoms with Gasteiger partial charge in [0.2, 0.25) is 6.49 Å². The SMILES string of the molecule is COc1ccc(P2(=S)OCCCCO2)cc1. The lowest BCUT2D eigenvalue weighted by molar-refractivity contribution is 0.299. The molecule has 0 aliphatic carbocycles. The van der Waals surface area contributed by atoms with Gasteiger partial charge in [0.05, 0.1) is 20.3 Å². The lowest BCUT2D eigenvalue weighted by Crippen LogP contribution is -2.08. The Bertz CT molecular complexity index is 379. The molecule has 1 aliphatic rings. The monoisotopic (exact) mass is 258 g/mol. The number of methoxy groups -OCH3 is 1. The Morgan fingerprint density at radius 3 is 2.19 bits per heavy atom. The normalized spacial score (nSPS) is 20.1. The summed E-state index contributed by atoms with van der Waals surface area (Å²) in [6.07, 6.45) is 2.04. The molecule has 1 aromatic rings. The van der Waals surface area contributed by atoms with Gasteiger partial charge in [0.25, 0.3) is 0 Å². The Labute approximate surface area is 101 Å². The van der Waals surface area contributed by atoms with E-state index >= 15 is 0 Å². The van der Waals surface area contributed by atoms with Gasteiger partial charge in [0.1, 0.15) is 5.75 Å². The first kappa shape index (κ1) is 12.1. The molecule has 0 radical (unpaired) electrons. The molecule has 88 valence electrons. The lowest BCUT2D eigenvalue weighted by atomic mass is 10.3. The van der Waals surface area contributed by atoms with Gasteiger partial charge in [-0.1, -0.05) is 0 Å². The Morgan fingerprint density at radius 1 is 1.12 bits per heavy atom. The highest BCUT2D eigenvalue weighted by Gasteiger charge is 2.23. The maximum Gasteiger partial charge on any atom is 0.219 e. The summed E-state index contributed by atoms with van der Waals surface area (Å²) < 4.78 is 16.5. The van der Waals surface area contributed by atoms with Gasteiger partial charge < -0.3 is 13.8 Å². The second-order valence-corrected chi connectivity index (χ2v) is 7.04. The molecule has 0 aromatic heterocycles. The fraction of sp³-hybridized carbons (Fsp3) is 0.455. The molecule has 3 nitrogen and oxygen atoms in total. The van der Waals surface area contributed by atoms with Gasteiger partial charge >= 0.3 is 0 Å². The molecular formula is C11H15O3PS. The van der Waals surface area contributed by atoms with Gasteiger partial charge in [-0.2, -0.15) is 0 Å². The van der Waals surface area contributed by atoms with E-state index in [1.807, 2.05) is 24.3 Å². The second-order valence-electron chi connectivity index (χ2n) is 3.57. The van der Waals surface area contributed by atoms with Crippen LogP contribution in [0.1, 0.15) is 12.8 Å². The number of hydrogen-bond acceptors (Lipinski definition) is 4. The Hall–Kier alpha value is -0.410. The molecule has 1 saturated heterocycles. The quantitative estimate of drug-likeness (QED) is 0.762. The molecule has 0 atom stereocenters. The molecule has 0 bridgehead atoms. The minimum Gasteiger partial charge on any atom is -0.497 e. The van der Waals surface area contributed by atoms with Gasteiger partial charge in [-0.3, -0.25) is 0 Å². The van der Waals surface area contributed by atoms with Crippen molar-refractivity contribution in [1.29, 1.82) is 0 Å². The smallest absolute Gasteiger partial charge is 0.219 e. The molecule has 0 saturated carbocycles. The molecule has 5 heteroatoms. The summed E-state index contributed by atoms with van der Waals surface area (Å²) in [5.41, 5.74) is 0. The number of benzene rings is 1. The summed E-state index contributed by atoms with van der Waals surface area (Å²) in [6.45, 7) is -0.866. The summed E-state index contributed by atoms with van der Waals surface area (Å²) in [5.74, 6) is 0.820. The van der Waals surface area contributed by atoms with E-state index in [0.29, 0.717) is 13.2 Å². The van der Waals surface area contributed by atoms with E-state index in [1.165, 1.54) is 0 Å². The highest BCUT2D eigenvalue weighted by molar-refractivity contribution is 8.13. The van der Waals surface area contributed by atoms with Gasteiger partial charge in [-0.05, 0) is 48.9 Å². The van der Waals surface area contributed by atoms with E-state index in [0.717, 1.165) is 23.9 Å². The fourth-order valence-electron chi connectivity index (χ4n) is 1.52. The topological polar surface area (TPSA) is 27.7 Å². The van der Waals surface area contributed by atoms with Crippen molar-refractivity contribution in [3.8, 4) is 5.75 Å². The van der Waals surface area contributed by atoms with Crippen LogP contribution in [0, 0.1) is 0 Å². The molecule has 1 fully saturated rings. The summed E-state index contributed by atoms with van der Waals surface area (Å²) in [5, 5.41) is 0.963. The van der Waals surface area contributed by atoms with Crippen molar-refractivity contribution in [2.45, 2.75) is 12.8 Å². The van der Waals surface area contributed by atoms with E-state index in [9.17, 15) is 0 Å². The van der Waals surface area contributed by atoms with Gasteiger partial charge in [0, 0.05) is 5.30 Å². The van der Waals surface area contributed by atoms with Gasteiger partial charge in [-0.15, -0.1) is 0 Å². The standard InChI is InChI=1S/C11H15O3PS/c1-12-10-4-6-11(7-5-10)15(16)13-8-2-3-9-14-15/h4-7H,2-3,8-9H2,1H3. The summed E-state index contributed by atoms with van der Waals surface area (Å²) >= 11 is 5.51. The molecule has 1 heterocycles. The number of rotatable bonds is 2. The van der Waals surface area contributed by atoms with Crippen LogP contribution in [0.5, 0.6) is 5.75 Å². The van der Waals surface area contributed by atoms with E-state index in [2.05, 4.69) is 0 Å². The van der Waals surface area contributed by atoms with Crippen molar-refractivity contribution in [1.82, 2.24) is 0 Å². The Morgan fingerprint density at radius 2 is 1.69 bits per heavy atom. The number of hydrogen-bond donors (Lipinski definition) is 0. The predicted molar refractivity (Wildman–Crippen MR) is 68.1 cm³/mol. The molecule has 0 amide bonds. The van der Waals surface area contributed by atoms with Crippen LogP contribution >= 0.6 is 6.49 Å². The van der Waals surface area contributed by atoms with Crippen molar-refractivity contribution in [3.63, 3.8) is 0 Å². The molecule has 2 rings (SSSR count). The first-order valence-electron chi connectivity index (χ1n) is 5.28. The van der Waals surface area contributed by atoms with E-state index in [4.69, 9.17) is 25.6 Å². The van der Waals surface area contributed by atoms with E-state index in [-0.39, 0.29) is 0 Å². The zero-order chi connectivity index (χ0) is 11.4. The minimum atomic E-state index is -2.26. The lowest BCUT2D eigenvalue weighted by Gasteiger charge is -2.19. The zero-order valence-electron chi connectivity index (χ0n) is 9.22. The van der Waals surface area contributed by atoms with Gasteiger partial charge in [0.15, 0.2) is 0 Å². The maximum absolute atomic E-state index is 5.71. The van der Waals surface area contributed by atoms with Crippen molar-refractivity contribution in [2.24, 2.45) is 0 Å². The molecule has 1 aromatic carbocycles. The first-order chi connectivity index (χ1) is 7.74. The highest BCUT2D eigenvalue weighted by Crippen LogP contribution is 2.49. The van der Waals surface area contributed by atoms with Crippen molar-refractivity contribution >= 4 is 23.6 Å². The van der Waals surface area contributed by atoms with Crippen molar-refractivity contribution < 1.29 is 13.8 Å². The Kier molecular flexibility index (Phi) is 3.98. The van der Waals surface area contributed by atoms with Crippen LogP contribution in [0.15, 0.2) is 24.3 Å². The third-order valence-corrected chi connectivity index (χ3v) is 5.69. The largest absolute Gasteiger partial charge is 0.497 e. The fourth-order valence-corrected chi connectivity index (χ4v) is 3.96. The van der Waals surface area contributed by atoms with Crippen LogP contribution < -0.4 is 10.0 Å². The average molecular weight is 258 g/mol. The zero-order valence-corrected chi connectivity index (χ0v) is 10.9. The summed E-state index contributed by atoms with van der Waals surface area (Å²) in [6, 6.07) is 7.65. The highest BCUT2D eigenvalue weighted by atomic mass is 32.5. The van der Waals surface area contributed by atoms with E-state index in [1.54, 1.807) is 7.11 Å². The average Bonchev–Trinajstić information content (AvgIpc) is 2.55. The summed E-state index contributed by atoms with van der Waals surface area (Å²) in [4.78, 5) is 0. The van der Waals surface area contributed by atoms with Crippen LogP contribution in [0.3, 0.4) is 0 Å². The van der Waals surface area contributed by atoms with Crippen LogP contribution in [-0.4, -0.2) is 20.3 Å². The Balaban J connectivity index is 2.23. The molecule has 0 N–H and O–H groups in total. The summed E-state index contributed by atoms with van der Waals surface area (Å²) in [7, 11) is 1.65. The maximum atomic E-state index is 5.71. The van der Waals surface area contributed by atoms with Crippen molar-refractivity contribution in [3.05, 3.63) is 24.3 Å². The van der Waals surface area contributed by atoms with Crippen LogP contribution in [0.4, 0.5) is 0 Å². The third-order valence-electron chi connectivity index (χ3n) is 2.45. The van der Waals surface area contributed by atoms with Gasteiger partial charge in [-0.25, -0.2) is 0 Å². The number of ether oxygens (including phenoxy) is 1. The molecule has 0 spiro atoms. The first-order valence-corrected chi connectivity index (χ1v) is 7.92. The molecule has 0 unspecified atom stereocenters. The molecular weight excluding hydrogens is 243 g/mol. The minimum absolute atomic E-state index is 0.698. The van der Waals surface area contributed by atoms with Crippen LogP contribution in [0.2, 0.25) is 0 Å². The second kappa shape index (κ2) is 5.28. The predicted octanol–water partition coefficient (Wildman–Crippen LogP) is 2.46. The third kappa shape index (κ3) is 2.64. The van der Waals surface area contributed by atoms with Crippen molar-refractivity contribution in [2.75, 3.05) is 20.3 Å². The van der Waals surface area contributed by atoms with E-state index < -0.39 is 6.49 Å². The van der Waals surface area contributed by atoms with Crippen LogP contribution in [0.25, 0.3) is 0 Å². The molecule has 16 heavy (non-hydrogen) atoms.